The third kappa shape index (κ3) is 5.61. The van der Waals surface area contributed by atoms with Gasteiger partial charge in [0.2, 0.25) is 0 Å². The summed E-state index contributed by atoms with van der Waals surface area (Å²) in [5.41, 5.74) is 1.27. The van der Waals surface area contributed by atoms with Gasteiger partial charge in [0.25, 0.3) is 5.91 Å². The van der Waals surface area contributed by atoms with Crippen molar-refractivity contribution >= 4 is 58.2 Å². The van der Waals surface area contributed by atoms with Crippen LogP contribution in [0.2, 0.25) is 10.0 Å². The van der Waals surface area contributed by atoms with Gasteiger partial charge in [0.05, 0.1) is 16.3 Å². The van der Waals surface area contributed by atoms with E-state index >= 15 is 0 Å². The fourth-order valence-electron chi connectivity index (χ4n) is 4.22. The van der Waals surface area contributed by atoms with E-state index in [1.165, 1.54) is 21.9 Å². The molecule has 3 aromatic rings. The quantitative estimate of drug-likeness (QED) is 0.379. The summed E-state index contributed by atoms with van der Waals surface area (Å²) in [4.78, 5) is 41.0. The molecule has 2 N–H and O–H groups in total. The third-order valence-corrected chi connectivity index (χ3v) is 7.60. The highest BCUT2D eigenvalue weighted by Gasteiger charge is 2.32. The minimum absolute atomic E-state index is 0.0215. The summed E-state index contributed by atoms with van der Waals surface area (Å²) in [5.74, 6) is -1.79. The van der Waals surface area contributed by atoms with E-state index in [2.05, 4.69) is 0 Å². The molecule has 1 saturated heterocycles. The molecule has 1 fully saturated rings. The van der Waals surface area contributed by atoms with Crippen molar-refractivity contribution in [3.8, 4) is 10.4 Å². The van der Waals surface area contributed by atoms with Crippen LogP contribution in [0.5, 0.6) is 0 Å². The summed E-state index contributed by atoms with van der Waals surface area (Å²) in [7, 11) is 0. The molecule has 0 aliphatic carbocycles. The Morgan fingerprint density at radius 3 is 2.46 bits per heavy atom. The number of benzene rings is 2. The Morgan fingerprint density at radius 2 is 1.80 bits per heavy atom. The van der Waals surface area contributed by atoms with Crippen molar-refractivity contribution in [3.63, 3.8) is 0 Å². The lowest BCUT2D eigenvalue weighted by Gasteiger charge is -2.34. The van der Waals surface area contributed by atoms with Crippen LogP contribution in [-0.4, -0.2) is 52.7 Å². The second-order valence-electron chi connectivity index (χ2n) is 8.27. The zero-order valence-corrected chi connectivity index (χ0v) is 20.8. The summed E-state index contributed by atoms with van der Waals surface area (Å²) in [6.07, 6.45) is 0.354. The van der Waals surface area contributed by atoms with Crippen LogP contribution >= 0.6 is 34.5 Å². The van der Waals surface area contributed by atoms with Crippen molar-refractivity contribution in [1.82, 2.24) is 4.90 Å². The van der Waals surface area contributed by atoms with E-state index < -0.39 is 18.0 Å². The second kappa shape index (κ2) is 10.7. The highest BCUT2D eigenvalue weighted by molar-refractivity contribution is 7.18. The fourth-order valence-corrected chi connectivity index (χ4v) is 5.72. The van der Waals surface area contributed by atoms with Crippen molar-refractivity contribution in [2.24, 2.45) is 5.92 Å². The number of nitrogens with zero attached hydrogens (tertiary/aromatic N) is 2. The van der Waals surface area contributed by atoms with E-state index in [0.717, 1.165) is 16.9 Å². The predicted molar refractivity (Wildman–Crippen MR) is 137 cm³/mol. The van der Waals surface area contributed by atoms with E-state index in [1.54, 1.807) is 12.1 Å². The number of carbonyl (C=O) groups is 3. The molecule has 1 atom stereocenters. The average molecular weight is 533 g/mol. The minimum Gasteiger partial charge on any atom is -0.477 e. The Hall–Kier alpha value is -3.07. The fraction of sp³-hybridized carbons (Fsp3) is 0.240. The highest BCUT2D eigenvalue weighted by atomic mass is 35.5. The molecule has 2 amide bonds. The predicted octanol–water partition coefficient (Wildman–Crippen LogP) is 6.46. The number of likely N-dealkylation sites (tertiary alicyclic amines) is 1. The molecular weight excluding hydrogens is 511 g/mol. The molecule has 10 heteroatoms. The number of thiophene rings is 1. The summed E-state index contributed by atoms with van der Waals surface area (Å²) in [6, 6.07) is 15.5. The average Bonchev–Trinajstić information content (AvgIpc) is 3.28. The van der Waals surface area contributed by atoms with Crippen molar-refractivity contribution in [2.45, 2.75) is 12.8 Å². The number of hydrogen-bond donors (Lipinski definition) is 2. The van der Waals surface area contributed by atoms with E-state index in [4.69, 9.17) is 23.2 Å². The molecule has 2 heterocycles. The van der Waals surface area contributed by atoms with Gasteiger partial charge in [-0.25, -0.2) is 9.59 Å². The molecule has 0 spiro atoms. The zero-order chi connectivity index (χ0) is 25.1. The number of carboxylic acids is 1. The summed E-state index contributed by atoms with van der Waals surface area (Å²) in [5, 5.41) is 19.9. The Morgan fingerprint density at radius 1 is 1.06 bits per heavy atom. The molecule has 1 aliphatic rings. The molecule has 1 aliphatic heterocycles. The van der Waals surface area contributed by atoms with E-state index in [1.807, 2.05) is 30.3 Å². The zero-order valence-electron chi connectivity index (χ0n) is 18.5. The number of amides is 2. The molecule has 2 aromatic carbocycles. The molecule has 0 bridgehead atoms. The van der Waals surface area contributed by atoms with Crippen LogP contribution < -0.4 is 4.90 Å². The van der Waals surface area contributed by atoms with Crippen LogP contribution in [0.25, 0.3) is 10.4 Å². The van der Waals surface area contributed by atoms with Gasteiger partial charge in [-0.15, -0.1) is 11.3 Å². The molecule has 1 unspecified atom stereocenters. The number of aromatic carboxylic acids is 1. The Bertz CT molecular complexity index is 1260. The van der Waals surface area contributed by atoms with Crippen LogP contribution in [0.15, 0.2) is 54.6 Å². The SMILES string of the molecule is O=C(O)c1sc(-c2ccccc2)cc1N(CC1CCCN(C(=O)O)C1)C(=O)c1ccc(Cl)cc1Cl. The lowest BCUT2D eigenvalue weighted by Crippen LogP contribution is -2.45. The van der Waals surface area contributed by atoms with Crippen LogP contribution in [0, 0.1) is 5.92 Å². The topological polar surface area (TPSA) is 98.2 Å². The van der Waals surface area contributed by atoms with E-state index in [-0.39, 0.29) is 40.2 Å². The van der Waals surface area contributed by atoms with Crippen LogP contribution in [-0.2, 0) is 0 Å². The molecule has 1 aromatic heterocycles. The normalized spacial score (nSPS) is 15.6. The number of rotatable bonds is 6. The van der Waals surface area contributed by atoms with Crippen LogP contribution in [0.1, 0.15) is 32.9 Å². The van der Waals surface area contributed by atoms with Gasteiger partial charge in [0.1, 0.15) is 4.88 Å². The number of hydrogen-bond acceptors (Lipinski definition) is 4. The first kappa shape index (κ1) is 25.0. The molecule has 0 saturated carbocycles. The first-order chi connectivity index (χ1) is 16.7. The number of carbonyl (C=O) groups excluding carboxylic acids is 1. The third-order valence-electron chi connectivity index (χ3n) is 5.89. The van der Waals surface area contributed by atoms with Gasteiger partial charge in [-0.2, -0.15) is 0 Å². The van der Waals surface area contributed by atoms with Crippen molar-refractivity contribution in [1.29, 1.82) is 0 Å². The van der Waals surface area contributed by atoms with Gasteiger partial charge >= 0.3 is 12.1 Å². The van der Waals surface area contributed by atoms with Gasteiger partial charge < -0.3 is 20.0 Å². The van der Waals surface area contributed by atoms with Crippen LogP contribution in [0.3, 0.4) is 0 Å². The summed E-state index contributed by atoms with van der Waals surface area (Å²) < 4.78 is 0. The van der Waals surface area contributed by atoms with Crippen LogP contribution in [0.4, 0.5) is 10.5 Å². The lowest BCUT2D eigenvalue weighted by atomic mass is 9.97. The number of piperidine rings is 1. The van der Waals surface area contributed by atoms with E-state index in [0.29, 0.717) is 29.3 Å². The van der Waals surface area contributed by atoms with Crippen molar-refractivity contribution < 1.29 is 24.6 Å². The molecule has 182 valence electrons. The van der Waals surface area contributed by atoms with Gasteiger partial charge in [-0.3, -0.25) is 4.79 Å². The standard InChI is InChI=1S/C25H22Cl2N2O5S/c26-17-8-9-18(19(27)11-17)23(30)29(14-15-5-4-10-28(13-15)25(33)34)20-12-21(35-22(20)24(31)32)16-6-2-1-3-7-16/h1-3,6-9,11-12,15H,4-5,10,13-14H2,(H,31,32)(H,33,34). The highest BCUT2D eigenvalue weighted by Crippen LogP contribution is 2.39. The molecular formula is C25H22Cl2N2O5S. The maximum Gasteiger partial charge on any atom is 0.407 e. The summed E-state index contributed by atoms with van der Waals surface area (Å²) >= 11 is 13.4. The van der Waals surface area contributed by atoms with Gasteiger partial charge in [0.15, 0.2) is 0 Å². The number of carboxylic acid groups (broad SMARTS) is 2. The first-order valence-corrected chi connectivity index (χ1v) is 12.5. The minimum atomic E-state index is -1.15. The molecule has 4 rings (SSSR count). The summed E-state index contributed by atoms with van der Waals surface area (Å²) in [6.45, 7) is 0.831. The molecule has 7 nitrogen and oxygen atoms in total. The second-order valence-corrected chi connectivity index (χ2v) is 10.2. The Kier molecular flexibility index (Phi) is 7.64. The molecule has 0 radical (unpaired) electrons. The van der Waals surface area contributed by atoms with E-state index in [9.17, 15) is 24.6 Å². The van der Waals surface area contributed by atoms with Crippen molar-refractivity contribution in [3.05, 3.63) is 75.1 Å². The molecule has 35 heavy (non-hydrogen) atoms. The number of halogens is 2. The van der Waals surface area contributed by atoms with Crippen molar-refractivity contribution in [2.75, 3.05) is 24.5 Å². The maximum atomic E-state index is 13.8. The Balaban J connectivity index is 1.78. The maximum absolute atomic E-state index is 13.8. The number of anilines is 1. The van der Waals surface area contributed by atoms with Gasteiger partial charge in [-0.05, 0) is 48.6 Å². The van der Waals surface area contributed by atoms with Gasteiger partial charge in [-0.1, -0.05) is 53.5 Å². The lowest BCUT2D eigenvalue weighted by molar-refractivity contribution is 0.0702. The smallest absolute Gasteiger partial charge is 0.407 e. The largest absolute Gasteiger partial charge is 0.477 e. The monoisotopic (exact) mass is 532 g/mol. The first-order valence-electron chi connectivity index (χ1n) is 10.9. The Labute approximate surface area is 216 Å². The van der Waals surface area contributed by atoms with Gasteiger partial charge in [0, 0.05) is 29.5 Å².